The third-order valence-electron chi connectivity index (χ3n) is 4.35. The first kappa shape index (κ1) is 17.6. The fourth-order valence-electron chi connectivity index (χ4n) is 3.11. The maximum Gasteiger partial charge on any atom is 0.290 e. The predicted octanol–water partition coefficient (Wildman–Crippen LogP) is 2.33. The van der Waals surface area contributed by atoms with Crippen molar-refractivity contribution < 1.29 is 18.3 Å². The van der Waals surface area contributed by atoms with Gasteiger partial charge in [-0.3, -0.25) is 9.69 Å². The zero-order valence-electron chi connectivity index (χ0n) is 13.4. The Kier molecular flexibility index (Phi) is 6.02. The highest BCUT2D eigenvalue weighted by molar-refractivity contribution is 7.99. The first-order chi connectivity index (χ1) is 11.6. The molecule has 5 nitrogen and oxygen atoms in total. The van der Waals surface area contributed by atoms with Crippen LogP contribution in [0.2, 0.25) is 0 Å². The second-order valence-corrected chi connectivity index (χ2v) is 6.94. The molecular weight excluding hydrogens is 336 g/mol. The summed E-state index contributed by atoms with van der Waals surface area (Å²) in [5, 5.41) is 0.0966. The van der Waals surface area contributed by atoms with Crippen molar-refractivity contribution in [2.24, 2.45) is 0 Å². The zero-order chi connectivity index (χ0) is 16.9. The van der Waals surface area contributed by atoms with Gasteiger partial charge in [0.05, 0.1) is 11.7 Å². The molecule has 1 amide bonds. The van der Waals surface area contributed by atoms with E-state index in [0.717, 1.165) is 39.1 Å². The van der Waals surface area contributed by atoms with Crippen LogP contribution in [0.1, 0.15) is 23.2 Å². The van der Waals surface area contributed by atoms with Gasteiger partial charge in [-0.2, -0.15) is 8.78 Å². The molecule has 3 heterocycles. The maximum absolute atomic E-state index is 12.6. The van der Waals surface area contributed by atoms with E-state index >= 15 is 0 Å². The molecule has 132 valence electrons. The van der Waals surface area contributed by atoms with E-state index in [2.05, 4.69) is 9.88 Å². The van der Waals surface area contributed by atoms with Gasteiger partial charge >= 0.3 is 0 Å². The zero-order valence-corrected chi connectivity index (χ0v) is 14.2. The Bertz CT molecular complexity index is 562. The Balaban J connectivity index is 1.57. The molecule has 0 saturated carbocycles. The highest BCUT2D eigenvalue weighted by atomic mass is 32.2. The molecule has 0 aromatic carbocycles. The number of aromatic nitrogens is 1. The lowest BCUT2D eigenvalue weighted by atomic mass is 10.2. The summed E-state index contributed by atoms with van der Waals surface area (Å²) in [5.74, 6) is -2.81. The molecule has 8 heteroatoms. The van der Waals surface area contributed by atoms with Crippen molar-refractivity contribution in [3.63, 3.8) is 0 Å². The lowest BCUT2D eigenvalue weighted by Crippen LogP contribution is -2.50. The monoisotopic (exact) mass is 357 g/mol. The molecule has 0 radical (unpaired) electrons. The number of ether oxygens (including phenoxy) is 1. The number of thioether (sulfide) groups is 1. The molecule has 0 aliphatic carbocycles. The smallest absolute Gasteiger partial charge is 0.290 e. The summed E-state index contributed by atoms with van der Waals surface area (Å²) >= 11 is 0.320. The summed E-state index contributed by atoms with van der Waals surface area (Å²) in [5.41, 5.74) is 0.260. The molecule has 1 atom stereocenters. The molecule has 1 aromatic heterocycles. The van der Waals surface area contributed by atoms with E-state index in [-0.39, 0.29) is 16.5 Å². The van der Waals surface area contributed by atoms with Gasteiger partial charge in [-0.15, -0.1) is 0 Å². The molecule has 2 aliphatic rings. The standard InChI is InChI=1S/C16H21F2N3O2S/c17-16(18)24-14-13(4-1-5-19-14)15(22)21-8-6-20(7-9-21)11-12-3-2-10-23-12/h1,4-5,12,16H,2-3,6-11H2. The molecule has 2 saturated heterocycles. The Labute approximate surface area is 144 Å². The summed E-state index contributed by atoms with van der Waals surface area (Å²) in [6.45, 7) is 4.50. The molecule has 1 unspecified atom stereocenters. The maximum atomic E-state index is 12.6. The van der Waals surface area contributed by atoms with E-state index in [1.165, 1.54) is 6.20 Å². The van der Waals surface area contributed by atoms with Crippen molar-refractivity contribution in [2.45, 2.75) is 29.7 Å². The van der Waals surface area contributed by atoms with E-state index in [4.69, 9.17) is 4.74 Å². The van der Waals surface area contributed by atoms with Crippen LogP contribution in [-0.4, -0.2) is 71.9 Å². The van der Waals surface area contributed by atoms with Crippen LogP contribution in [0.5, 0.6) is 0 Å². The predicted molar refractivity (Wildman–Crippen MR) is 87.4 cm³/mol. The van der Waals surface area contributed by atoms with E-state index in [0.29, 0.717) is 31.0 Å². The normalized spacial score (nSPS) is 22.3. The second kappa shape index (κ2) is 8.22. The van der Waals surface area contributed by atoms with Gasteiger partial charge in [0.15, 0.2) is 0 Å². The third-order valence-corrected chi connectivity index (χ3v) is 5.07. The first-order valence-electron chi connectivity index (χ1n) is 8.16. The number of carbonyl (C=O) groups is 1. The Morgan fingerprint density at radius 1 is 1.38 bits per heavy atom. The van der Waals surface area contributed by atoms with Crippen LogP contribution in [0.3, 0.4) is 0 Å². The summed E-state index contributed by atoms with van der Waals surface area (Å²) in [4.78, 5) is 20.6. The van der Waals surface area contributed by atoms with Crippen LogP contribution in [0, 0.1) is 0 Å². The Morgan fingerprint density at radius 2 is 2.17 bits per heavy atom. The van der Waals surface area contributed by atoms with E-state index in [1.807, 2.05) is 0 Å². The lowest BCUT2D eigenvalue weighted by Gasteiger charge is -2.35. The van der Waals surface area contributed by atoms with Crippen LogP contribution in [0.25, 0.3) is 0 Å². The van der Waals surface area contributed by atoms with Gasteiger partial charge in [0.1, 0.15) is 5.03 Å². The van der Waals surface area contributed by atoms with Gasteiger partial charge in [-0.25, -0.2) is 4.98 Å². The summed E-state index contributed by atoms with van der Waals surface area (Å²) in [7, 11) is 0. The number of hydrogen-bond acceptors (Lipinski definition) is 5. The van der Waals surface area contributed by atoms with Gasteiger partial charge in [0, 0.05) is 45.5 Å². The third kappa shape index (κ3) is 4.43. The van der Waals surface area contributed by atoms with Crippen molar-refractivity contribution in [1.29, 1.82) is 0 Å². The van der Waals surface area contributed by atoms with Gasteiger partial charge in [-0.05, 0) is 36.7 Å². The molecule has 2 aliphatic heterocycles. The average Bonchev–Trinajstić information content (AvgIpc) is 3.08. The molecule has 1 aromatic rings. The van der Waals surface area contributed by atoms with E-state index in [9.17, 15) is 13.6 Å². The number of carbonyl (C=O) groups excluding carboxylic acids is 1. The van der Waals surface area contributed by atoms with Crippen LogP contribution >= 0.6 is 11.8 Å². The van der Waals surface area contributed by atoms with Gasteiger partial charge in [0.2, 0.25) is 0 Å². The fourth-order valence-corrected chi connectivity index (χ4v) is 3.68. The van der Waals surface area contributed by atoms with Crippen LogP contribution in [0.15, 0.2) is 23.4 Å². The summed E-state index contributed by atoms with van der Waals surface area (Å²) in [6, 6.07) is 3.18. The van der Waals surface area contributed by atoms with E-state index < -0.39 is 5.76 Å². The average molecular weight is 357 g/mol. The first-order valence-corrected chi connectivity index (χ1v) is 9.04. The van der Waals surface area contributed by atoms with Crippen molar-refractivity contribution in [1.82, 2.24) is 14.8 Å². The van der Waals surface area contributed by atoms with Gasteiger partial charge in [0.25, 0.3) is 11.7 Å². The summed E-state index contributed by atoms with van der Waals surface area (Å²) in [6.07, 6.45) is 3.96. The number of pyridine rings is 1. The summed E-state index contributed by atoms with van der Waals surface area (Å²) < 4.78 is 30.9. The number of nitrogens with zero attached hydrogens (tertiary/aromatic N) is 3. The van der Waals surface area contributed by atoms with Crippen molar-refractivity contribution in [3.8, 4) is 0 Å². The SMILES string of the molecule is O=C(c1cccnc1SC(F)F)N1CCN(CC2CCCO2)CC1. The highest BCUT2D eigenvalue weighted by Gasteiger charge is 2.27. The minimum Gasteiger partial charge on any atom is -0.377 e. The number of amides is 1. The van der Waals surface area contributed by atoms with E-state index in [1.54, 1.807) is 17.0 Å². The van der Waals surface area contributed by atoms with Crippen LogP contribution < -0.4 is 0 Å². The number of rotatable bonds is 5. The largest absolute Gasteiger partial charge is 0.377 e. The quantitative estimate of drug-likeness (QED) is 0.757. The topological polar surface area (TPSA) is 45.7 Å². The lowest BCUT2D eigenvalue weighted by molar-refractivity contribution is 0.0430. The molecule has 0 spiro atoms. The van der Waals surface area contributed by atoms with Crippen molar-refractivity contribution in [2.75, 3.05) is 39.3 Å². The number of alkyl halides is 2. The minimum absolute atomic E-state index is 0.0966. The molecule has 24 heavy (non-hydrogen) atoms. The molecule has 0 bridgehead atoms. The molecule has 0 N–H and O–H groups in total. The molecule has 3 rings (SSSR count). The van der Waals surface area contributed by atoms with Crippen molar-refractivity contribution >= 4 is 17.7 Å². The van der Waals surface area contributed by atoms with Gasteiger partial charge in [-0.1, -0.05) is 0 Å². The van der Waals surface area contributed by atoms with Crippen molar-refractivity contribution in [3.05, 3.63) is 23.9 Å². The highest BCUT2D eigenvalue weighted by Crippen LogP contribution is 2.27. The minimum atomic E-state index is -2.59. The fraction of sp³-hybridized carbons (Fsp3) is 0.625. The van der Waals surface area contributed by atoms with Crippen LogP contribution in [-0.2, 0) is 4.74 Å². The number of piperazine rings is 1. The van der Waals surface area contributed by atoms with Gasteiger partial charge < -0.3 is 9.64 Å². The molecule has 2 fully saturated rings. The number of halogens is 2. The Hall–Kier alpha value is -1.25. The molecular formula is C16H21F2N3O2S. The number of hydrogen-bond donors (Lipinski definition) is 0. The Morgan fingerprint density at radius 3 is 2.83 bits per heavy atom. The second-order valence-electron chi connectivity index (χ2n) is 5.96. The van der Waals surface area contributed by atoms with Crippen LogP contribution in [0.4, 0.5) is 8.78 Å².